The van der Waals surface area contributed by atoms with Gasteiger partial charge >= 0.3 is 6.09 Å². The van der Waals surface area contributed by atoms with Crippen LogP contribution in [0, 0.1) is 12.7 Å². The summed E-state index contributed by atoms with van der Waals surface area (Å²) in [7, 11) is -1.87. The Balaban J connectivity index is 1.62. The summed E-state index contributed by atoms with van der Waals surface area (Å²) >= 11 is 0. The van der Waals surface area contributed by atoms with E-state index in [2.05, 4.69) is 4.72 Å². The van der Waals surface area contributed by atoms with Crippen molar-refractivity contribution in [1.82, 2.24) is 9.62 Å². The Hall–Kier alpha value is -2.32. The summed E-state index contributed by atoms with van der Waals surface area (Å²) in [6.45, 7) is 7.66. The van der Waals surface area contributed by atoms with E-state index in [0.717, 1.165) is 11.1 Å². The molecule has 1 saturated heterocycles. The first-order chi connectivity index (χ1) is 16.0. The van der Waals surface area contributed by atoms with Crippen LogP contribution in [0.5, 0.6) is 0 Å². The van der Waals surface area contributed by atoms with Crippen molar-refractivity contribution in [2.45, 2.75) is 76.1 Å². The van der Waals surface area contributed by atoms with E-state index >= 15 is 4.39 Å². The molecule has 1 unspecified atom stereocenters. The number of halogens is 2. The monoisotopic (exact) mass is 490 g/mol. The van der Waals surface area contributed by atoms with E-state index in [4.69, 9.17) is 4.74 Å². The van der Waals surface area contributed by atoms with Crippen LogP contribution in [0.15, 0.2) is 42.5 Å². The summed E-state index contributed by atoms with van der Waals surface area (Å²) < 4.78 is 51.1. The SMILES string of the molecule is Cc1cccc(-c2cccc(C[C@H]3[C@@H](NS(=O)C4(F)CC4)CCN3C(=O)OC(C)(C)C)c2F)c1. The number of aryl methyl sites for hydroxylation is 1. The zero-order valence-corrected chi connectivity index (χ0v) is 20.9. The number of carbonyl (C=O) groups is 1. The minimum Gasteiger partial charge on any atom is -0.444 e. The molecule has 5 nitrogen and oxygen atoms in total. The lowest BCUT2D eigenvalue weighted by Crippen LogP contribution is -2.49. The fraction of sp³-hybridized carbons (Fsp3) is 0.500. The zero-order valence-electron chi connectivity index (χ0n) is 20.1. The lowest BCUT2D eigenvalue weighted by Gasteiger charge is -2.31. The Morgan fingerprint density at radius 1 is 1.24 bits per heavy atom. The molecule has 4 rings (SSSR count). The molecule has 1 aliphatic heterocycles. The maximum atomic E-state index is 15.7. The topological polar surface area (TPSA) is 58.6 Å². The molecule has 2 aromatic rings. The van der Waals surface area contributed by atoms with Gasteiger partial charge in [-0.3, -0.25) is 0 Å². The van der Waals surface area contributed by atoms with Gasteiger partial charge in [-0.2, -0.15) is 0 Å². The van der Waals surface area contributed by atoms with Crippen LogP contribution in [0.1, 0.15) is 51.2 Å². The first-order valence-corrected chi connectivity index (χ1v) is 12.8. The maximum absolute atomic E-state index is 15.7. The molecule has 2 aliphatic rings. The van der Waals surface area contributed by atoms with Crippen LogP contribution in [0.2, 0.25) is 0 Å². The second-order valence-electron chi connectivity index (χ2n) is 10.3. The van der Waals surface area contributed by atoms with Crippen LogP contribution < -0.4 is 4.72 Å². The van der Waals surface area contributed by atoms with Crippen molar-refractivity contribution in [3.63, 3.8) is 0 Å². The van der Waals surface area contributed by atoms with Gasteiger partial charge in [-0.25, -0.2) is 22.5 Å². The summed E-state index contributed by atoms with van der Waals surface area (Å²) in [5.41, 5.74) is 2.04. The minimum atomic E-state index is -1.87. The van der Waals surface area contributed by atoms with Crippen molar-refractivity contribution in [3.05, 3.63) is 59.4 Å². The number of rotatable bonds is 6. The van der Waals surface area contributed by atoms with E-state index in [9.17, 15) is 13.4 Å². The van der Waals surface area contributed by atoms with Crippen LogP contribution in [-0.4, -0.2) is 44.4 Å². The van der Waals surface area contributed by atoms with Gasteiger partial charge in [-0.15, -0.1) is 0 Å². The van der Waals surface area contributed by atoms with Gasteiger partial charge in [0.25, 0.3) is 0 Å². The quantitative estimate of drug-likeness (QED) is 0.587. The van der Waals surface area contributed by atoms with E-state index in [0.29, 0.717) is 24.1 Å². The molecule has 2 aromatic carbocycles. The second-order valence-corrected chi connectivity index (χ2v) is 11.8. The molecule has 8 heteroatoms. The average Bonchev–Trinajstić information content (AvgIpc) is 3.39. The maximum Gasteiger partial charge on any atom is 0.410 e. The Morgan fingerprint density at radius 2 is 1.94 bits per heavy atom. The number of amides is 1. The fourth-order valence-electron chi connectivity index (χ4n) is 4.32. The van der Waals surface area contributed by atoms with Crippen molar-refractivity contribution < 1.29 is 22.5 Å². The van der Waals surface area contributed by atoms with Gasteiger partial charge in [-0.05, 0) is 64.5 Å². The first-order valence-electron chi connectivity index (χ1n) is 11.7. The molecule has 184 valence electrons. The summed E-state index contributed by atoms with van der Waals surface area (Å²) in [4.78, 5) is 14.5. The summed E-state index contributed by atoms with van der Waals surface area (Å²) in [5.74, 6) is -0.354. The number of hydrogen-bond acceptors (Lipinski definition) is 3. The van der Waals surface area contributed by atoms with Crippen LogP contribution in [0.3, 0.4) is 0 Å². The third-order valence-corrected chi connectivity index (χ3v) is 7.83. The van der Waals surface area contributed by atoms with E-state index in [1.807, 2.05) is 31.2 Å². The molecule has 1 saturated carbocycles. The van der Waals surface area contributed by atoms with Gasteiger partial charge in [-0.1, -0.05) is 48.0 Å². The molecule has 1 heterocycles. The third-order valence-electron chi connectivity index (χ3n) is 6.24. The average molecular weight is 491 g/mol. The van der Waals surface area contributed by atoms with E-state index in [1.54, 1.807) is 43.9 Å². The highest BCUT2D eigenvalue weighted by Gasteiger charge is 2.51. The van der Waals surface area contributed by atoms with Crippen LogP contribution >= 0.6 is 0 Å². The van der Waals surface area contributed by atoms with Crippen LogP contribution in [0.25, 0.3) is 11.1 Å². The summed E-state index contributed by atoms with van der Waals surface area (Å²) in [6.07, 6.45) is 0.674. The molecule has 1 amide bonds. The van der Waals surface area contributed by atoms with Gasteiger partial charge in [0.15, 0.2) is 5.00 Å². The summed E-state index contributed by atoms with van der Waals surface area (Å²) in [6, 6.07) is 11.9. The number of nitrogens with one attached hydrogen (secondary N) is 1. The predicted octanol–water partition coefficient (Wildman–Crippen LogP) is 5.43. The number of likely N-dealkylation sites (tertiary alicyclic amines) is 1. The van der Waals surface area contributed by atoms with Crippen molar-refractivity contribution in [1.29, 1.82) is 0 Å². The molecule has 2 fully saturated rings. The normalized spacial score (nSPS) is 22.5. The molecule has 1 aliphatic carbocycles. The molecular weight excluding hydrogens is 458 g/mol. The highest BCUT2D eigenvalue weighted by atomic mass is 32.2. The van der Waals surface area contributed by atoms with Crippen LogP contribution in [0.4, 0.5) is 13.6 Å². The Labute approximate surface area is 202 Å². The largest absolute Gasteiger partial charge is 0.444 e. The number of carbonyl (C=O) groups excluding carboxylic acids is 1. The zero-order chi connectivity index (χ0) is 24.7. The van der Waals surface area contributed by atoms with Crippen LogP contribution in [-0.2, 0) is 22.1 Å². The Bertz CT molecular complexity index is 1100. The molecule has 34 heavy (non-hydrogen) atoms. The Morgan fingerprint density at radius 3 is 2.59 bits per heavy atom. The number of alkyl halides is 1. The molecular formula is C26H32F2N2O3S. The Kier molecular flexibility index (Phi) is 6.84. The van der Waals surface area contributed by atoms with Crippen molar-refractivity contribution in [2.75, 3.05) is 6.54 Å². The van der Waals surface area contributed by atoms with E-state index in [1.165, 1.54) is 0 Å². The highest BCUT2D eigenvalue weighted by Crippen LogP contribution is 2.43. The highest BCUT2D eigenvalue weighted by molar-refractivity contribution is 7.84. The van der Waals surface area contributed by atoms with Gasteiger partial charge in [0.2, 0.25) is 0 Å². The number of ether oxygens (including phenoxy) is 1. The van der Waals surface area contributed by atoms with Crippen molar-refractivity contribution >= 4 is 17.1 Å². The number of nitrogens with zero attached hydrogens (tertiary/aromatic N) is 1. The smallest absolute Gasteiger partial charge is 0.410 e. The van der Waals surface area contributed by atoms with Gasteiger partial charge < -0.3 is 9.64 Å². The molecule has 1 N–H and O–H groups in total. The molecule has 0 bridgehead atoms. The second kappa shape index (κ2) is 9.38. The van der Waals surface area contributed by atoms with Gasteiger partial charge in [0.1, 0.15) is 22.4 Å². The minimum absolute atomic E-state index is 0.193. The standard InChI is InChI=1S/C26H32F2N2O3S/c1-17-7-5-8-18(15-17)20-10-6-9-19(23(20)27)16-22-21(29-34(32)26(28)12-13-26)11-14-30(22)24(31)33-25(2,3)4/h5-10,15,21-22,29H,11-14,16H2,1-4H3/t21-,22-,34?/m0/s1. The van der Waals surface area contributed by atoms with Gasteiger partial charge in [0.05, 0.1) is 6.04 Å². The number of hydrogen-bond donors (Lipinski definition) is 1. The molecule has 0 aromatic heterocycles. The van der Waals surface area contributed by atoms with Crippen molar-refractivity contribution in [3.8, 4) is 11.1 Å². The van der Waals surface area contributed by atoms with E-state index < -0.39 is 39.8 Å². The van der Waals surface area contributed by atoms with Gasteiger partial charge in [0, 0.05) is 18.2 Å². The predicted molar refractivity (Wildman–Crippen MR) is 130 cm³/mol. The lowest BCUT2D eigenvalue weighted by molar-refractivity contribution is 0.0218. The first kappa shape index (κ1) is 24.8. The van der Waals surface area contributed by atoms with E-state index in [-0.39, 0.29) is 25.1 Å². The summed E-state index contributed by atoms with van der Waals surface area (Å²) in [5, 5.41) is -1.71. The molecule has 0 radical (unpaired) electrons. The molecule has 0 spiro atoms. The third kappa shape index (κ3) is 5.49. The van der Waals surface area contributed by atoms with Crippen molar-refractivity contribution in [2.24, 2.45) is 0 Å². The fourth-order valence-corrected chi connectivity index (χ4v) is 5.55. The lowest BCUT2D eigenvalue weighted by atomic mass is 9.95. The number of benzene rings is 2. The molecule has 3 atom stereocenters.